The average molecular weight is 207 g/mol. The molecule has 1 aromatic rings. The molecule has 0 N–H and O–H groups in total. The van der Waals surface area contributed by atoms with Crippen LogP contribution >= 0.6 is 0 Å². The molecule has 3 heteroatoms. The number of ketones is 1. The molecule has 0 radical (unpaired) electrons. The number of rotatable bonds is 2. The molecule has 2 nitrogen and oxygen atoms in total. The second kappa shape index (κ2) is 3.74. The average Bonchev–Trinajstić information content (AvgIpc) is 2.19. The Kier molecular flexibility index (Phi) is 2.57. The third-order valence-electron chi connectivity index (χ3n) is 3.05. The van der Waals surface area contributed by atoms with Crippen LogP contribution in [0.3, 0.4) is 0 Å². The van der Waals surface area contributed by atoms with Gasteiger partial charge in [-0.1, -0.05) is 12.1 Å². The van der Waals surface area contributed by atoms with Crippen molar-refractivity contribution >= 4 is 5.78 Å². The van der Waals surface area contributed by atoms with E-state index in [0.29, 0.717) is 11.1 Å². The lowest BCUT2D eigenvalue weighted by Gasteiger charge is -2.36. The summed E-state index contributed by atoms with van der Waals surface area (Å²) in [6, 6.07) is 4.64. The van der Waals surface area contributed by atoms with Gasteiger partial charge in [0.05, 0.1) is 6.04 Å². The number of Topliss-reactive ketones (excluding diaryl/α,β-unsaturated/α-hetero) is 1. The molecule has 1 saturated heterocycles. The highest BCUT2D eigenvalue weighted by atomic mass is 19.1. The van der Waals surface area contributed by atoms with E-state index >= 15 is 0 Å². The standard InChI is InChI=1S/C12H14FNO/c1-8-3-4-9(7-10(8)13)12(15)11-5-6-14(11)2/h3-4,7,11H,5-6H2,1-2H3. The van der Waals surface area contributed by atoms with Gasteiger partial charge < -0.3 is 0 Å². The SMILES string of the molecule is Cc1ccc(C(=O)C2CCN2C)cc1F. The van der Waals surface area contributed by atoms with Gasteiger partial charge in [0.15, 0.2) is 5.78 Å². The minimum absolute atomic E-state index is 0.0302. The largest absolute Gasteiger partial charge is 0.296 e. The van der Waals surface area contributed by atoms with E-state index in [1.54, 1.807) is 19.1 Å². The van der Waals surface area contributed by atoms with E-state index in [1.165, 1.54) is 6.07 Å². The summed E-state index contributed by atoms with van der Waals surface area (Å²) in [5.74, 6) is -0.273. The Morgan fingerprint density at radius 2 is 2.27 bits per heavy atom. The molecule has 15 heavy (non-hydrogen) atoms. The Labute approximate surface area is 88.7 Å². The predicted octanol–water partition coefficient (Wildman–Crippen LogP) is 2.02. The fraction of sp³-hybridized carbons (Fsp3) is 0.417. The van der Waals surface area contributed by atoms with Crippen LogP contribution in [0.25, 0.3) is 0 Å². The number of likely N-dealkylation sites (tertiary alicyclic amines) is 1. The number of halogens is 1. The minimum Gasteiger partial charge on any atom is -0.296 e. The van der Waals surface area contributed by atoms with E-state index in [1.807, 2.05) is 11.9 Å². The van der Waals surface area contributed by atoms with Gasteiger partial charge in [0.1, 0.15) is 5.82 Å². The lowest BCUT2D eigenvalue weighted by molar-refractivity contribution is 0.0674. The Bertz CT molecular complexity index is 403. The molecule has 1 aromatic carbocycles. The highest BCUT2D eigenvalue weighted by molar-refractivity contribution is 6.00. The summed E-state index contributed by atoms with van der Waals surface area (Å²) in [5.41, 5.74) is 1.06. The second-order valence-electron chi connectivity index (χ2n) is 4.11. The van der Waals surface area contributed by atoms with Gasteiger partial charge in [-0.2, -0.15) is 0 Å². The molecule has 2 rings (SSSR count). The van der Waals surface area contributed by atoms with Crippen molar-refractivity contribution in [2.45, 2.75) is 19.4 Å². The van der Waals surface area contributed by atoms with Crippen molar-refractivity contribution in [2.75, 3.05) is 13.6 Å². The van der Waals surface area contributed by atoms with Gasteiger partial charge in [0.2, 0.25) is 0 Å². The van der Waals surface area contributed by atoms with Crippen LogP contribution in [0.4, 0.5) is 4.39 Å². The Hall–Kier alpha value is -1.22. The Morgan fingerprint density at radius 3 is 2.73 bits per heavy atom. The van der Waals surface area contributed by atoms with Crippen LogP contribution in [0.15, 0.2) is 18.2 Å². The molecule has 1 fully saturated rings. The van der Waals surface area contributed by atoms with E-state index in [4.69, 9.17) is 0 Å². The highest BCUT2D eigenvalue weighted by Gasteiger charge is 2.31. The Morgan fingerprint density at radius 1 is 1.53 bits per heavy atom. The monoisotopic (exact) mass is 207 g/mol. The summed E-state index contributed by atoms with van der Waals surface area (Å²) in [7, 11) is 1.91. The topological polar surface area (TPSA) is 20.3 Å². The first-order chi connectivity index (χ1) is 7.09. The number of hydrogen-bond donors (Lipinski definition) is 0. The van der Waals surface area contributed by atoms with E-state index < -0.39 is 0 Å². The molecule has 0 aromatic heterocycles. The lowest BCUT2D eigenvalue weighted by atomic mass is 9.94. The van der Waals surface area contributed by atoms with Crippen LogP contribution in [0.1, 0.15) is 22.3 Å². The third-order valence-corrected chi connectivity index (χ3v) is 3.05. The summed E-state index contributed by atoms with van der Waals surface area (Å²) in [6.07, 6.45) is 0.880. The van der Waals surface area contributed by atoms with Crippen LogP contribution < -0.4 is 0 Å². The number of aryl methyl sites for hydroxylation is 1. The van der Waals surface area contributed by atoms with Crippen LogP contribution in [-0.2, 0) is 0 Å². The normalized spacial score (nSPS) is 21.1. The minimum atomic E-state index is -0.303. The van der Waals surface area contributed by atoms with Crippen molar-refractivity contribution < 1.29 is 9.18 Å². The third kappa shape index (κ3) is 1.79. The summed E-state index contributed by atoms with van der Waals surface area (Å²) in [4.78, 5) is 13.9. The van der Waals surface area contributed by atoms with Gasteiger partial charge in [-0.05, 0) is 32.0 Å². The molecule has 0 aliphatic carbocycles. The van der Waals surface area contributed by atoms with Crippen molar-refractivity contribution in [2.24, 2.45) is 0 Å². The van der Waals surface area contributed by atoms with Crippen molar-refractivity contribution in [3.05, 3.63) is 35.1 Å². The fourth-order valence-electron chi connectivity index (χ4n) is 1.79. The van der Waals surface area contributed by atoms with Gasteiger partial charge in [0, 0.05) is 12.1 Å². The maximum absolute atomic E-state index is 13.3. The summed E-state index contributed by atoms with van der Waals surface area (Å²) < 4.78 is 13.3. The first-order valence-electron chi connectivity index (χ1n) is 5.10. The number of carbonyl (C=O) groups excluding carboxylic acids is 1. The van der Waals surface area contributed by atoms with Crippen molar-refractivity contribution in [1.29, 1.82) is 0 Å². The van der Waals surface area contributed by atoms with Crippen molar-refractivity contribution in [3.63, 3.8) is 0 Å². The first-order valence-corrected chi connectivity index (χ1v) is 5.10. The zero-order chi connectivity index (χ0) is 11.0. The van der Waals surface area contributed by atoms with Gasteiger partial charge in [-0.25, -0.2) is 4.39 Å². The van der Waals surface area contributed by atoms with Crippen LogP contribution in [0.5, 0.6) is 0 Å². The zero-order valence-corrected chi connectivity index (χ0v) is 8.96. The molecular formula is C12H14FNO. The summed E-state index contributed by atoms with van der Waals surface area (Å²) in [6.45, 7) is 2.64. The van der Waals surface area contributed by atoms with Gasteiger partial charge in [-0.15, -0.1) is 0 Å². The molecule has 80 valence electrons. The van der Waals surface area contributed by atoms with Gasteiger partial charge in [-0.3, -0.25) is 9.69 Å². The van der Waals surface area contributed by atoms with E-state index in [2.05, 4.69) is 0 Å². The van der Waals surface area contributed by atoms with E-state index in [9.17, 15) is 9.18 Å². The van der Waals surface area contributed by atoms with E-state index in [0.717, 1.165) is 13.0 Å². The number of hydrogen-bond acceptors (Lipinski definition) is 2. The summed E-state index contributed by atoms with van der Waals surface area (Å²) >= 11 is 0. The maximum Gasteiger partial charge on any atom is 0.180 e. The first kappa shape index (κ1) is 10.3. The molecule has 1 unspecified atom stereocenters. The predicted molar refractivity (Wildman–Crippen MR) is 56.5 cm³/mol. The smallest absolute Gasteiger partial charge is 0.180 e. The number of benzene rings is 1. The maximum atomic E-state index is 13.3. The Balaban J connectivity index is 2.22. The lowest BCUT2D eigenvalue weighted by Crippen LogP contribution is -2.49. The molecular weight excluding hydrogens is 193 g/mol. The van der Waals surface area contributed by atoms with Crippen molar-refractivity contribution in [1.82, 2.24) is 4.90 Å². The molecule has 0 bridgehead atoms. The van der Waals surface area contributed by atoms with Gasteiger partial charge >= 0.3 is 0 Å². The number of likely N-dealkylation sites (N-methyl/N-ethyl adjacent to an activating group) is 1. The van der Waals surface area contributed by atoms with E-state index in [-0.39, 0.29) is 17.6 Å². The van der Waals surface area contributed by atoms with Crippen LogP contribution in [0.2, 0.25) is 0 Å². The van der Waals surface area contributed by atoms with Crippen LogP contribution in [0, 0.1) is 12.7 Å². The fourth-order valence-corrected chi connectivity index (χ4v) is 1.79. The molecule has 1 aliphatic heterocycles. The molecule has 0 spiro atoms. The number of carbonyl (C=O) groups is 1. The van der Waals surface area contributed by atoms with Gasteiger partial charge in [0.25, 0.3) is 0 Å². The van der Waals surface area contributed by atoms with Crippen LogP contribution in [-0.4, -0.2) is 30.3 Å². The summed E-state index contributed by atoms with van der Waals surface area (Å²) in [5, 5.41) is 0. The molecule has 1 aliphatic rings. The second-order valence-corrected chi connectivity index (χ2v) is 4.11. The number of nitrogens with zero attached hydrogens (tertiary/aromatic N) is 1. The molecule has 1 heterocycles. The highest BCUT2D eigenvalue weighted by Crippen LogP contribution is 2.20. The molecule has 0 amide bonds. The molecule has 0 saturated carbocycles. The molecule has 1 atom stereocenters. The quantitative estimate of drug-likeness (QED) is 0.691. The van der Waals surface area contributed by atoms with Crippen molar-refractivity contribution in [3.8, 4) is 0 Å². The zero-order valence-electron chi connectivity index (χ0n) is 8.96.